The molecule has 10 heteroatoms. The van der Waals surface area contributed by atoms with Gasteiger partial charge >= 0.3 is 25.6 Å². The van der Waals surface area contributed by atoms with Gasteiger partial charge in [0.25, 0.3) is 0 Å². The molecule has 0 aliphatic rings. The van der Waals surface area contributed by atoms with Crippen LogP contribution < -0.4 is 0 Å². The van der Waals surface area contributed by atoms with Crippen molar-refractivity contribution in [1.82, 2.24) is 0 Å². The minimum absolute atomic E-state index is 0. The fourth-order valence-electron chi connectivity index (χ4n) is 0.714. The Morgan fingerprint density at radius 3 is 1.31 bits per heavy atom. The van der Waals surface area contributed by atoms with Crippen molar-refractivity contribution in [3.8, 4) is 0 Å². The second-order valence-electron chi connectivity index (χ2n) is 2.59. The number of carboxylic acids is 3. The van der Waals surface area contributed by atoms with Gasteiger partial charge in [-0.1, -0.05) is 0 Å². The Balaban J connectivity index is 0. The summed E-state index contributed by atoms with van der Waals surface area (Å²) < 4.78 is 0. The highest BCUT2D eigenvalue weighted by atomic mass is 16.4. The maximum Gasteiger partial charge on any atom is 0.482 e. The van der Waals surface area contributed by atoms with Crippen molar-refractivity contribution in [2.45, 2.75) is 18.4 Å². The molecule has 0 saturated heterocycles. The number of aliphatic hydroxyl groups is 1. The van der Waals surface area contributed by atoms with Crippen LogP contribution in [0.1, 0.15) is 12.8 Å². The molecule has 0 saturated carbocycles. The van der Waals surface area contributed by atoms with Gasteiger partial charge < -0.3 is 30.5 Å². The summed E-state index contributed by atoms with van der Waals surface area (Å²) in [5.41, 5.74) is -2.74. The first-order valence-electron chi connectivity index (χ1n) is 3.69. The second kappa shape index (κ2) is 7.62. The Morgan fingerprint density at radius 2 is 1.19 bits per heavy atom. The van der Waals surface area contributed by atoms with E-state index in [-0.39, 0.29) is 7.69 Å². The van der Waals surface area contributed by atoms with Crippen molar-refractivity contribution in [2.24, 2.45) is 0 Å². The van der Waals surface area contributed by atoms with E-state index < -0.39 is 36.4 Å². The van der Waals surface area contributed by atoms with E-state index in [4.69, 9.17) is 30.5 Å². The highest BCUT2D eigenvalue weighted by Crippen LogP contribution is 2.15. The molecule has 0 aromatic heterocycles. The van der Waals surface area contributed by atoms with Gasteiger partial charge in [-0.3, -0.25) is 9.59 Å². The van der Waals surface area contributed by atoms with Crippen LogP contribution in [0.25, 0.3) is 0 Å². The third-order valence-electron chi connectivity index (χ3n) is 1.29. The van der Waals surface area contributed by atoms with Crippen LogP contribution in [0, 0.1) is 0 Å². The Hall–Kier alpha value is -1.65. The molecule has 0 heterocycles. The van der Waals surface area contributed by atoms with E-state index in [0.717, 1.165) is 0 Å². The summed E-state index contributed by atoms with van der Waals surface area (Å²) in [6.45, 7) is 0. The molecule has 1 radical (unpaired) electrons. The first kappa shape index (κ1) is 16.8. The molecule has 0 fully saturated rings. The van der Waals surface area contributed by atoms with Crippen LogP contribution in [-0.4, -0.2) is 61.7 Å². The van der Waals surface area contributed by atoms with Gasteiger partial charge in [0, 0.05) is 0 Å². The molecule has 0 bridgehead atoms. The van der Waals surface area contributed by atoms with Gasteiger partial charge in [-0.25, -0.2) is 4.79 Å². The molecule has 16 heavy (non-hydrogen) atoms. The number of carbonyl (C=O) groups is 3. The molecule has 91 valence electrons. The summed E-state index contributed by atoms with van der Waals surface area (Å²) in [4.78, 5) is 30.5. The summed E-state index contributed by atoms with van der Waals surface area (Å²) in [7, 11) is 0. The van der Waals surface area contributed by atoms with Gasteiger partial charge in [0.15, 0.2) is 5.60 Å². The lowest BCUT2D eigenvalue weighted by molar-refractivity contribution is -0.170. The van der Waals surface area contributed by atoms with E-state index in [0.29, 0.717) is 0 Å². The van der Waals surface area contributed by atoms with Crippen LogP contribution >= 0.6 is 0 Å². The number of carboxylic acid groups (broad SMARTS) is 3. The number of rotatable bonds is 5. The fourth-order valence-corrected chi connectivity index (χ4v) is 0.714. The van der Waals surface area contributed by atoms with E-state index in [9.17, 15) is 14.4 Å². The molecule has 0 aliphatic heterocycles. The van der Waals surface area contributed by atoms with E-state index in [1.807, 2.05) is 0 Å². The SMILES string of the molecule is O=C(O)CC(O)(CC(=O)O)C(=O)O.O[B]O. The molecule has 0 aromatic carbocycles. The van der Waals surface area contributed by atoms with Crippen LogP contribution in [0.2, 0.25) is 0 Å². The highest BCUT2D eigenvalue weighted by Gasteiger charge is 2.40. The van der Waals surface area contributed by atoms with E-state index in [1.54, 1.807) is 0 Å². The lowest BCUT2D eigenvalue weighted by Crippen LogP contribution is -2.42. The number of hydrogen-bond donors (Lipinski definition) is 6. The third-order valence-corrected chi connectivity index (χ3v) is 1.29. The van der Waals surface area contributed by atoms with Crippen LogP contribution in [-0.2, 0) is 14.4 Å². The second-order valence-corrected chi connectivity index (χ2v) is 2.59. The summed E-state index contributed by atoms with van der Waals surface area (Å²) in [6, 6.07) is 0. The minimum Gasteiger partial charge on any atom is -0.481 e. The Kier molecular flexibility index (Phi) is 7.99. The fraction of sp³-hybridized carbons (Fsp3) is 0.500. The minimum atomic E-state index is -2.74. The smallest absolute Gasteiger partial charge is 0.481 e. The average Bonchev–Trinajstić information content (AvgIpc) is 2.01. The standard InChI is InChI=1S/C6H8O7.BH2O2/c7-3(8)1-6(13,5(11)12)2-4(9)10;2-1-3/h13H,1-2H2,(H,7,8)(H,9,10)(H,11,12);2-3H. The highest BCUT2D eigenvalue weighted by molar-refractivity contribution is 6.13. The van der Waals surface area contributed by atoms with Gasteiger partial charge in [0.2, 0.25) is 0 Å². The van der Waals surface area contributed by atoms with Crippen LogP contribution in [0.3, 0.4) is 0 Å². The molecule has 6 N–H and O–H groups in total. The van der Waals surface area contributed by atoms with Crippen molar-refractivity contribution in [2.75, 3.05) is 0 Å². The van der Waals surface area contributed by atoms with Crippen LogP contribution in [0.15, 0.2) is 0 Å². The first-order valence-corrected chi connectivity index (χ1v) is 3.69. The molecule has 0 spiro atoms. The molecular weight excluding hydrogens is 227 g/mol. The molecule has 0 amide bonds. The van der Waals surface area contributed by atoms with Gasteiger partial charge in [-0.2, -0.15) is 0 Å². The molecule has 0 aromatic rings. The Morgan fingerprint density at radius 1 is 0.938 bits per heavy atom. The zero-order valence-corrected chi connectivity index (χ0v) is 7.90. The monoisotopic (exact) mass is 237 g/mol. The Bertz CT molecular complexity index is 247. The number of aliphatic carboxylic acids is 3. The van der Waals surface area contributed by atoms with Crippen molar-refractivity contribution < 1.29 is 44.9 Å². The summed E-state index contributed by atoms with van der Waals surface area (Å²) in [5, 5.41) is 47.8. The molecule has 0 rings (SSSR count). The zero-order valence-electron chi connectivity index (χ0n) is 7.90. The predicted octanol–water partition coefficient (Wildman–Crippen LogP) is -2.74. The molecule has 0 atom stereocenters. The van der Waals surface area contributed by atoms with Gasteiger partial charge in [0.1, 0.15) is 0 Å². The molecule has 0 aliphatic carbocycles. The van der Waals surface area contributed by atoms with Crippen molar-refractivity contribution in [3.05, 3.63) is 0 Å². The molecular formula is C6H10BO9. The van der Waals surface area contributed by atoms with Crippen molar-refractivity contribution >= 4 is 25.6 Å². The maximum absolute atomic E-state index is 10.3. The van der Waals surface area contributed by atoms with Crippen LogP contribution in [0.4, 0.5) is 0 Å². The average molecular weight is 237 g/mol. The zero-order chi connectivity index (χ0) is 13.4. The van der Waals surface area contributed by atoms with Gasteiger partial charge in [-0.15, -0.1) is 0 Å². The molecule has 0 unspecified atom stereocenters. The number of hydrogen-bond acceptors (Lipinski definition) is 6. The predicted molar refractivity (Wildman–Crippen MR) is 47.3 cm³/mol. The third kappa shape index (κ3) is 7.73. The van der Waals surface area contributed by atoms with Gasteiger partial charge in [-0.05, 0) is 0 Å². The topological polar surface area (TPSA) is 173 Å². The lowest BCUT2D eigenvalue weighted by atomic mass is 9.96. The largest absolute Gasteiger partial charge is 0.482 e. The molecule has 9 nitrogen and oxygen atoms in total. The van der Waals surface area contributed by atoms with E-state index in [1.165, 1.54) is 0 Å². The quantitative estimate of drug-likeness (QED) is 0.277. The summed E-state index contributed by atoms with van der Waals surface area (Å²) in [6.07, 6.45) is -2.29. The lowest BCUT2D eigenvalue weighted by Gasteiger charge is -2.18. The van der Waals surface area contributed by atoms with Gasteiger partial charge in [0.05, 0.1) is 12.8 Å². The summed E-state index contributed by atoms with van der Waals surface area (Å²) >= 11 is 0. The normalized spacial score (nSPS) is 9.69. The van der Waals surface area contributed by atoms with Crippen molar-refractivity contribution in [1.29, 1.82) is 0 Å². The van der Waals surface area contributed by atoms with E-state index >= 15 is 0 Å². The first-order chi connectivity index (χ1) is 7.19. The maximum atomic E-state index is 10.3. The van der Waals surface area contributed by atoms with E-state index in [2.05, 4.69) is 0 Å². The van der Waals surface area contributed by atoms with Crippen LogP contribution in [0.5, 0.6) is 0 Å². The van der Waals surface area contributed by atoms with Crippen molar-refractivity contribution in [3.63, 3.8) is 0 Å². The Labute approximate surface area is 89.9 Å². The summed E-state index contributed by atoms with van der Waals surface area (Å²) in [5.74, 6) is -5.02.